The molecule has 0 aliphatic rings. The van der Waals surface area contributed by atoms with Gasteiger partial charge in [0.2, 0.25) is 5.88 Å². The lowest BCUT2D eigenvalue weighted by Crippen LogP contribution is -2.19. The van der Waals surface area contributed by atoms with E-state index in [1.165, 1.54) is 5.56 Å². The largest absolute Gasteiger partial charge is 0.478 e. The second-order valence-corrected chi connectivity index (χ2v) is 5.26. The number of nitrogens with zero attached hydrogens (tertiary/aromatic N) is 1. The van der Waals surface area contributed by atoms with E-state index in [0.717, 1.165) is 37.5 Å². The summed E-state index contributed by atoms with van der Waals surface area (Å²) in [5.74, 6) is 1.39. The van der Waals surface area contributed by atoms with Crippen molar-refractivity contribution in [2.24, 2.45) is 5.92 Å². The van der Waals surface area contributed by atoms with E-state index in [1.807, 2.05) is 19.1 Å². The van der Waals surface area contributed by atoms with E-state index < -0.39 is 0 Å². The summed E-state index contributed by atoms with van der Waals surface area (Å²) in [4.78, 5) is 4.40. The normalized spacial score (nSPS) is 10.7. The van der Waals surface area contributed by atoms with Gasteiger partial charge >= 0.3 is 0 Å². The minimum Gasteiger partial charge on any atom is -0.478 e. The van der Waals surface area contributed by atoms with Gasteiger partial charge in [-0.05, 0) is 43.9 Å². The molecular weight excluding hydrogens is 236 g/mol. The summed E-state index contributed by atoms with van der Waals surface area (Å²) in [7, 11) is 0. The first-order valence-corrected chi connectivity index (χ1v) is 7.03. The molecule has 3 nitrogen and oxygen atoms in total. The van der Waals surface area contributed by atoms with Crippen LogP contribution in [0.3, 0.4) is 0 Å². The van der Waals surface area contributed by atoms with Gasteiger partial charge in [0.15, 0.2) is 0 Å². The lowest BCUT2D eigenvalue weighted by atomic mass is 10.2. The maximum atomic E-state index is 5.67. The van der Waals surface area contributed by atoms with Crippen LogP contribution in [0, 0.1) is 12.8 Å². The van der Waals surface area contributed by atoms with Gasteiger partial charge in [0, 0.05) is 18.3 Å². The highest BCUT2D eigenvalue weighted by Gasteiger charge is 2.02. The first-order chi connectivity index (χ1) is 9.11. The Hall–Kier alpha value is -1.35. The fourth-order valence-corrected chi connectivity index (χ4v) is 1.79. The van der Waals surface area contributed by atoms with Crippen LogP contribution in [0.2, 0.25) is 0 Å². The number of hydrogen-bond donors (Lipinski definition) is 1. The zero-order valence-electron chi connectivity index (χ0n) is 12.4. The zero-order chi connectivity index (χ0) is 14.1. The molecule has 0 amide bonds. The molecule has 3 heteroatoms. The molecule has 0 fully saturated rings. The number of aromatic nitrogens is 1. The summed E-state index contributed by atoms with van der Waals surface area (Å²) in [6, 6.07) is 4.12. The zero-order valence-corrected chi connectivity index (χ0v) is 12.4. The van der Waals surface area contributed by atoms with Crippen molar-refractivity contribution in [2.75, 3.05) is 13.2 Å². The van der Waals surface area contributed by atoms with Crippen molar-refractivity contribution in [1.29, 1.82) is 0 Å². The monoisotopic (exact) mass is 262 g/mol. The van der Waals surface area contributed by atoms with E-state index in [0.29, 0.717) is 12.5 Å². The molecular formula is C16H26N2O. The molecule has 0 unspecified atom stereocenters. The molecule has 0 aliphatic carbocycles. The van der Waals surface area contributed by atoms with Crippen molar-refractivity contribution in [3.05, 3.63) is 36.0 Å². The molecule has 106 valence electrons. The molecule has 0 radical (unpaired) electrons. The molecule has 0 bridgehead atoms. The summed E-state index contributed by atoms with van der Waals surface area (Å²) in [5.41, 5.74) is 2.23. The van der Waals surface area contributed by atoms with Crippen LogP contribution in [-0.2, 0) is 6.54 Å². The number of nitrogens with one attached hydrogen (secondary N) is 1. The van der Waals surface area contributed by atoms with E-state index in [4.69, 9.17) is 4.74 Å². The molecule has 0 aliphatic heterocycles. The van der Waals surface area contributed by atoms with Crippen LogP contribution in [-0.4, -0.2) is 18.1 Å². The van der Waals surface area contributed by atoms with Crippen molar-refractivity contribution in [1.82, 2.24) is 10.3 Å². The molecule has 1 heterocycles. The van der Waals surface area contributed by atoms with Gasteiger partial charge in [-0.15, -0.1) is 6.58 Å². The summed E-state index contributed by atoms with van der Waals surface area (Å²) >= 11 is 0. The van der Waals surface area contributed by atoms with Crippen molar-refractivity contribution in [3.63, 3.8) is 0 Å². The first kappa shape index (κ1) is 15.7. The summed E-state index contributed by atoms with van der Waals surface area (Å²) in [6.07, 6.45) is 3.88. The molecule has 0 atom stereocenters. The summed E-state index contributed by atoms with van der Waals surface area (Å²) in [6.45, 7) is 12.7. The second kappa shape index (κ2) is 8.70. The molecule has 19 heavy (non-hydrogen) atoms. The average molecular weight is 262 g/mol. The fourth-order valence-electron chi connectivity index (χ4n) is 1.79. The Bertz CT molecular complexity index is 388. The van der Waals surface area contributed by atoms with Crippen LogP contribution in [0.1, 0.15) is 37.9 Å². The van der Waals surface area contributed by atoms with E-state index in [-0.39, 0.29) is 0 Å². The Balaban J connectivity index is 2.48. The number of rotatable bonds is 9. The third kappa shape index (κ3) is 6.97. The van der Waals surface area contributed by atoms with Gasteiger partial charge in [0.25, 0.3) is 0 Å². The smallest absolute Gasteiger partial charge is 0.213 e. The Morgan fingerprint density at radius 2 is 2.21 bits per heavy atom. The third-order valence-corrected chi connectivity index (χ3v) is 2.67. The molecule has 1 aromatic rings. The van der Waals surface area contributed by atoms with Crippen LogP contribution in [0.25, 0.3) is 0 Å². The predicted octanol–water partition coefficient (Wildman–Crippen LogP) is 3.48. The quantitative estimate of drug-likeness (QED) is 0.546. The Labute approximate surface area is 117 Å². The standard InChI is InChI=1S/C16H26N2O/c1-5-6-7-8-19-16-10-15(9-14(4)18-16)12-17-11-13(2)3/h5,9-10,13,17H,1,6-8,11-12H2,2-4H3. The van der Waals surface area contributed by atoms with Crippen LogP contribution in [0.5, 0.6) is 5.88 Å². The van der Waals surface area contributed by atoms with Crippen molar-refractivity contribution >= 4 is 0 Å². The molecule has 1 rings (SSSR count). The van der Waals surface area contributed by atoms with E-state index >= 15 is 0 Å². The summed E-state index contributed by atoms with van der Waals surface area (Å²) < 4.78 is 5.67. The van der Waals surface area contributed by atoms with Gasteiger partial charge in [-0.1, -0.05) is 19.9 Å². The molecule has 1 N–H and O–H groups in total. The molecule has 1 aromatic heterocycles. The van der Waals surface area contributed by atoms with Crippen LogP contribution >= 0.6 is 0 Å². The van der Waals surface area contributed by atoms with Gasteiger partial charge in [-0.25, -0.2) is 4.98 Å². The van der Waals surface area contributed by atoms with Crippen molar-refractivity contribution < 1.29 is 4.74 Å². The number of ether oxygens (including phenoxy) is 1. The van der Waals surface area contributed by atoms with E-state index in [2.05, 4.69) is 36.8 Å². The highest BCUT2D eigenvalue weighted by molar-refractivity contribution is 5.24. The Morgan fingerprint density at radius 1 is 1.42 bits per heavy atom. The highest BCUT2D eigenvalue weighted by Crippen LogP contribution is 2.13. The highest BCUT2D eigenvalue weighted by atomic mass is 16.5. The molecule has 0 saturated heterocycles. The fraction of sp³-hybridized carbons (Fsp3) is 0.562. The number of pyridine rings is 1. The minimum atomic E-state index is 0.664. The topological polar surface area (TPSA) is 34.1 Å². The van der Waals surface area contributed by atoms with E-state index in [9.17, 15) is 0 Å². The first-order valence-electron chi connectivity index (χ1n) is 7.03. The maximum Gasteiger partial charge on any atom is 0.213 e. The third-order valence-electron chi connectivity index (χ3n) is 2.67. The van der Waals surface area contributed by atoms with Gasteiger partial charge in [-0.2, -0.15) is 0 Å². The Kier molecular flexibility index (Phi) is 7.19. The number of allylic oxidation sites excluding steroid dienone is 1. The van der Waals surface area contributed by atoms with Crippen molar-refractivity contribution in [2.45, 2.75) is 40.2 Å². The van der Waals surface area contributed by atoms with Gasteiger partial charge in [-0.3, -0.25) is 0 Å². The molecule has 0 saturated carbocycles. The lowest BCUT2D eigenvalue weighted by molar-refractivity contribution is 0.299. The molecule has 0 spiro atoms. The van der Waals surface area contributed by atoms with Crippen molar-refractivity contribution in [3.8, 4) is 5.88 Å². The predicted molar refractivity (Wildman–Crippen MR) is 80.4 cm³/mol. The number of hydrogen-bond acceptors (Lipinski definition) is 3. The number of aryl methyl sites for hydroxylation is 1. The summed E-state index contributed by atoms with van der Waals surface area (Å²) in [5, 5.41) is 3.44. The van der Waals surface area contributed by atoms with Gasteiger partial charge in [0.05, 0.1) is 6.61 Å². The van der Waals surface area contributed by atoms with E-state index in [1.54, 1.807) is 0 Å². The lowest BCUT2D eigenvalue weighted by Gasteiger charge is -2.10. The van der Waals surface area contributed by atoms with Crippen LogP contribution in [0.4, 0.5) is 0 Å². The molecule has 0 aromatic carbocycles. The maximum absolute atomic E-state index is 5.67. The van der Waals surface area contributed by atoms with Crippen LogP contribution < -0.4 is 10.1 Å². The number of unbranched alkanes of at least 4 members (excludes halogenated alkanes) is 1. The Morgan fingerprint density at radius 3 is 2.89 bits per heavy atom. The minimum absolute atomic E-state index is 0.664. The van der Waals surface area contributed by atoms with Gasteiger partial charge < -0.3 is 10.1 Å². The van der Waals surface area contributed by atoms with Crippen LogP contribution in [0.15, 0.2) is 24.8 Å². The SMILES string of the molecule is C=CCCCOc1cc(CNCC(C)C)cc(C)n1. The second-order valence-electron chi connectivity index (χ2n) is 5.26. The average Bonchev–Trinajstić information content (AvgIpc) is 2.34. The van der Waals surface area contributed by atoms with Gasteiger partial charge in [0.1, 0.15) is 0 Å².